The zero-order chi connectivity index (χ0) is 16.5. The Morgan fingerprint density at radius 1 is 0.826 bits per heavy atom. The van der Waals surface area contributed by atoms with Gasteiger partial charge in [0.15, 0.2) is 0 Å². The van der Waals surface area contributed by atoms with Crippen LogP contribution in [-0.4, -0.2) is 36.5 Å². The van der Waals surface area contributed by atoms with Crippen molar-refractivity contribution in [3.8, 4) is 6.07 Å². The fourth-order valence-electron chi connectivity index (χ4n) is 2.06. The van der Waals surface area contributed by atoms with Gasteiger partial charge in [0.2, 0.25) is 0 Å². The van der Waals surface area contributed by atoms with E-state index in [1.165, 1.54) is 0 Å². The zero-order valence-corrected chi connectivity index (χ0v) is 12.6. The lowest BCUT2D eigenvalue weighted by Gasteiger charge is -2.22. The first-order chi connectivity index (χ1) is 11.3. The molecular formula is C17H18N4O2. The normalized spacial score (nSPS) is 10.7. The third kappa shape index (κ3) is 4.88. The van der Waals surface area contributed by atoms with Gasteiger partial charge in [-0.2, -0.15) is 15.5 Å². The molecule has 0 amide bonds. The van der Waals surface area contributed by atoms with E-state index in [0.29, 0.717) is 30.0 Å². The molecule has 6 heteroatoms. The minimum Gasteiger partial charge on any atom is -0.395 e. The molecule has 2 aromatic rings. The van der Waals surface area contributed by atoms with Crippen LogP contribution in [0.25, 0.3) is 0 Å². The Balaban J connectivity index is 2.06. The highest BCUT2D eigenvalue weighted by Crippen LogP contribution is 2.22. The van der Waals surface area contributed by atoms with Crippen LogP contribution in [0.1, 0.15) is 5.56 Å². The van der Waals surface area contributed by atoms with E-state index in [0.717, 1.165) is 5.69 Å². The van der Waals surface area contributed by atoms with Gasteiger partial charge < -0.3 is 15.1 Å². The summed E-state index contributed by atoms with van der Waals surface area (Å²) in [5, 5.41) is 35.1. The average Bonchev–Trinajstić information content (AvgIpc) is 2.61. The van der Waals surface area contributed by atoms with Crippen molar-refractivity contribution >= 4 is 17.1 Å². The summed E-state index contributed by atoms with van der Waals surface area (Å²) in [6, 6.07) is 16.3. The van der Waals surface area contributed by atoms with Crippen LogP contribution in [0, 0.1) is 11.3 Å². The number of nitriles is 1. The van der Waals surface area contributed by atoms with Gasteiger partial charge in [-0.25, -0.2) is 0 Å². The van der Waals surface area contributed by atoms with Gasteiger partial charge in [0.25, 0.3) is 0 Å². The van der Waals surface area contributed by atoms with Crippen LogP contribution in [0.2, 0.25) is 0 Å². The molecule has 0 spiro atoms. The van der Waals surface area contributed by atoms with Crippen LogP contribution in [0.5, 0.6) is 0 Å². The molecule has 0 aromatic heterocycles. The van der Waals surface area contributed by atoms with E-state index < -0.39 is 0 Å². The molecule has 0 bridgehead atoms. The van der Waals surface area contributed by atoms with Gasteiger partial charge in [-0.1, -0.05) is 0 Å². The molecule has 118 valence electrons. The Bertz CT molecular complexity index is 669. The average molecular weight is 310 g/mol. The fraction of sp³-hybridized carbons (Fsp3) is 0.235. The topological polar surface area (TPSA) is 92.2 Å². The van der Waals surface area contributed by atoms with Crippen LogP contribution >= 0.6 is 0 Å². The third-order valence-corrected chi connectivity index (χ3v) is 3.23. The van der Waals surface area contributed by atoms with Gasteiger partial charge in [-0.15, -0.1) is 0 Å². The van der Waals surface area contributed by atoms with Gasteiger partial charge in [-0.05, 0) is 48.5 Å². The number of rotatable bonds is 7. The number of aliphatic hydroxyl groups excluding tert-OH is 2. The smallest absolute Gasteiger partial charge is 0.0991 e. The summed E-state index contributed by atoms with van der Waals surface area (Å²) >= 11 is 0. The van der Waals surface area contributed by atoms with Crippen LogP contribution < -0.4 is 4.90 Å². The molecule has 2 rings (SSSR count). The lowest BCUT2D eigenvalue weighted by molar-refractivity contribution is 0.281. The molecule has 0 unspecified atom stereocenters. The fourth-order valence-corrected chi connectivity index (χ4v) is 2.06. The van der Waals surface area contributed by atoms with Crippen molar-refractivity contribution in [2.45, 2.75) is 0 Å². The molecule has 2 aromatic carbocycles. The van der Waals surface area contributed by atoms with Crippen molar-refractivity contribution in [2.24, 2.45) is 10.2 Å². The summed E-state index contributed by atoms with van der Waals surface area (Å²) in [4.78, 5) is 1.89. The maximum absolute atomic E-state index is 9.05. The van der Waals surface area contributed by atoms with Gasteiger partial charge in [0.05, 0.1) is 36.2 Å². The Hall–Kier alpha value is -2.75. The maximum Gasteiger partial charge on any atom is 0.0991 e. The lowest BCUT2D eigenvalue weighted by Crippen LogP contribution is -2.29. The van der Waals surface area contributed by atoms with Crippen molar-refractivity contribution in [1.29, 1.82) is 5.26 Å². The molecule has 0 heterocycles. The van der Waals surface area contributed by atoms with Crippen molar-refractivity contribution < 1.29 is 10.2 Å². The molecule has 0 aliphatic carbocycles. The quantitative estimate of drug-likeness (QED) is 0.769. The van der Waals surface area contributed by atoms with Gasteiger partial charge in [0, 0.05) is 18.8 Å². The molecule has 6 nitrogen and oxygen atoms in total. The summed E-state index contributed by atoms with van der Waals surface area (Å²) in [5.74, 6) is 0. The van der Waals surface area contributed by atoms with E-state index in [4.69, 9.17) is 15.5 Å². The number of benzene rings is 2. The van der Waals surface area contributed by atoms with Crippen LogP contribution in [0.3, 0.4) is 0 Å². The number of nitrogens with zero attached hydrogens (tertiary/aromatic N) is 4. The predicted molar refractivity (Wildman–Crippen MR) is 88.2 cm³/mol. The number of aliphatic hydroxyl groups is 2. The Morgan fingerprint density at radius 3 is 1.74 bits per heavy atom. The molecule has 2 N–H and O–H groups in total. The molecule has 0 atom stereocenters. The Kier molecular flexibility index (Phi) is 6.24. The van der Waals surface area contributed by atoms with Crippen LogP contribution in [-0.2, 0) is 0 Å². The standard InChI is InChI=1S/C17H18N4O2/c18-13-14-1-3-15(4-2-14)19-20-16-5-7-17(8-6-16)21(9-11-22)10-12-23/h1-8,22-23H,9-12H2. The summed E-state index contributed by atoms with van der Waals surface area (Å²) in [5.41, 5.74) is 2.87. The molecule has 0 aliphatic rings. The SMILES string of the molecule is N#Cc1ccc(N=Nc2ccc(N(CCO)CCO)cc2)cc1. The number of anilines is 1. The monoisotopic (exact) mass is 310 g/mol. The number of hydrogen-bond acceptors (Lipinski definition) is 6. The highest BCUT2D eigenvalue weighted by atomic mass is 16.3. The van der Waals surface area contributed by atoms with Crippen LogP contribution in [0.15, 0.2) is 58.8 Å². The highest BCUT2D eigenvalue weighted by molar-refractivity contribution is 5.53. The number of hydrogen-bond donors (Lipinski definition) is 2. The van der Waals surface area contributed by atoms with E-state index in [9.17, 15) is 0 Å². The first-order valence-corrected chi connectivity index (χ1v) is 7.25. The molecule has 0 aliphatic heterocycles. The Labute approximate surface area is 135 Å². The van der Waals surface area contributed by atoms with Gasteiger partial charge in [-0.3, -0.25) is 0 Å². The van der Waals surface area contributed by atoms with Gasteiger partial charge in [0.1, 0.15) is 0 Å². The number of azo groups is 1. The summed E-state index contributed by atoms with van der Waals surface area (Å²) < 4.78 is 0. The molecule has 0 fully saturated rings. The van der Waals surface area contributed by atoms with Crippen molar-refractivity contribution in [1.82, 2.24) is 0 Å². The molecule has 0 radical (unpaired) electrons. The van der Waals surface area contributed by atoms with Gasteiger partial charge >= 0.3 is 0 Å². The second kappa shape index (κ2) is 8.63. The summed E-state index contributed by atoms with van der Waals surface area (Å²) in [6.07, 6.45) is 0. The summed E-state index contributed by atoms with van der Waals surface area (Å²) in [6.45, 7) is 0.986. The van der Waals surface area contributed by atoms with E-state index in [-0.39, 0.29) is 13.2 Å². The Morgan fingerprint density at radius 2 is 1.30 bits per heavy atom. The van der Waals surface area contributed by atoms with E-state index in [1.54, 1.807) is 24.3 Å². The molecular weight excluding hydrogens is 292 g/mol. The second-order valence-corrected chi connectivity index (χ2v) is 4.81. The zero-order valence-electron chi connectivity index (χ0n) is 12.6. The molecule has 0 saturated heterocycles. The third-order valence-electron chi connectivity index (χ3n) is 3.23. The minimum absolute atomic E-state index is 0.0279. The lowest BCUT2D eigenvalue weighted by atomic mass is 10.2. The van der Waals surface area contributed by atoms with Crippen LogP contribution in [0.4, 0.5) is 17.1 Å². The van der Waals surface area contributed by atoms with Crippen molar-refractivity contribution in [3.05, 3.63) is 54.1 Å². The first kappa shape index (κ1) is 16.6. The van der Waals surface area contributed by atoms with Crippen molar-refractivity contribution in [3.63, 3.8) is 0 Å². The van der Waals surface area contributed by atoms with E-state index in [2.05, 4.69) is 16.3 Å². The van der Waals surface area contributed by atoms with Crippen molar-refractivity contribution in [2.75, 3.05) is 31.2 Å². The second-order valence-electron chi connectivity index (χ2n) is 4.81. The largest absolute Gasteiger partial charge is 0.395 e. The highest BCUT2D eigenvalue weighted by Gasteiger charge is 2.04. The molecule has 23 heavy (non-hydrogen) atoms. The first-order valence-electron chi connectivity index (χ1n) is 7.25. The molecule has 0 saturated carbocycles. The van der Waals surface area contributed by atoms with E-state index >= 15 is 0 Å². The minimum atomic E-state index is 0.0279. The predicted octanol–water partition coefficient (Wildman–Crippen LogP) is 2.76. The maximum atomic E-state index is 9.05. The van der Waals surface area contributed by atoms with E-state index in [1.807, 2.05) is 29.2 Å². The summed E-state index contributed by atoms with van der Waals surface area (Å²) in [7, 11) is 0.